The van der Waals surface area contributed by atoms with Crippen LogP contribution in [0.3, 0.4) is 0 Å². The van der Waals surface area contributed by atoms with Gasteiger partial charge in [0.15, 0.2) is 0 Å². The van der Waals surface area contributed by atoms with Crippen molar-refractivity contribution in [2.24, 2.45) is 62.6 Å². The molecule has 31 heavy (non-hydrogen) atoms. The van der Waals surface area contributed by atoms with Crippen molar-refractivity contribution < 1.29 is 5.11 Å². The largest absolute Gasteiger partial charge is 0.393 e. The van der Waals surface area contributed by atoms with E-state index in [0.29, 0.717) is 33.5 Å². The highest BCUT2D eigenvalue weighted by molar-refractivity contribution is 5.26. The number of rotatable bonds is 1. The average molecular weight is 427 g/mol. The first-order valence-electron chi connectivity index (χ1n) is 13.7. The molecule has 0 heterocycles. The van der Waals surface area contributed by atoms with Crippen molar-refractivity contribution >= 4 is 0 Å². The highest BCUT2D eigenvalue weighted by atomic mass is 16.3. The fourth-order valence-electron chi connectivity index (χ4n) is 11.0. The molecule has 4 fully saturated rings. The molecule has 0 aliphatic heterocycles. The minimum atomic E-state index is -0.133. The summed E-state index contributed by atoms with van der Waals surface area (Å²) >= 11 is 0. The van der Waals surface area contributed by atoms with Crippen LogP contribution in [0.4, 0.5) is 0 Å². The number of hydrogen-bond donors (Lipinski definition) is 1. The molecule has 0 aromatic heterocycles. The van der Waals surface area contributed by atoms with Crippen LogP contribution in [0.5, 0.6) is 0 Å². The van der Waals surface area contributed by atoms with Gasteiger partial charge < -0.3 is 5.11 Å². The van der Waals surface area contributed by atoms with E-state index in [0.717, 1.165) is 30.1 Å². The van der Waals surface area contributed by atoms with Gasteiger partial charge in [-0.15, -0.1) is 0 Å². The van der Waals surface area contributed by atoms with E-state index in [1.54, 1.807) is 0 Å². The normalized spacial score (nSPS) is 57.7. The van der Waals surface area contributed by atoms with Crippen molar-refractivity contribution in [1.29, 1.82) is 0 Å². The van der Waals surface area contributed by atoms with Crippen LogP contribution in [0.25, 0.3) is 0 Å². The maximum Gasteiger partial charge on any atom is 0.0594 e. The molecule has 1 nitrogen and oxygen atoms in total. The van der Waals surface area contributed by atoms with Gasteiger partial charge in [-0.3, -0.25) is 0 Å². The molecule has 0 aromatic rings. The molecule has 5 aliphatic carbocycles. The van der Waals surface area contributed by atoms with Crippen molar-refractivity contribution in [2.75, 3.05) is 0 Å². The molecule has 176 valence electrons. The summed E-state index contributed by atoms with van der Waals surface area (Å²) in [7, 11) is 0. The van der Waals surface area contributed by atoms with E-state index in [2.05, 4.69) is 67.5 Å². The zero-order chi connectivity index (χ0) is 22.6. The Morgan fingerprint density at radius 2 is 1.48 bits per heavy atom. The smallest absolute Gasteiger partial charge is 0.0594 e. The first kappa shape index (κ1) is 22.5. The lowest BCUT2D eigenvalue weighted by atomic mass is 9.34. The molecule has 5 rings (SSSR count). The standard InChI is InChI=1S/C30H50O/c1-19(2)20-11-14-27(5)17-18-29(7)21(25(20)27)9-10-23-28(6)15-13-24(31)26(3,4)22(28)12-16-30(23,29)8/h9-10,19-25,31H,11-18H2,1-8H3. The molecule has 1 heteroatoms. The lowest BCUT2D eigenvalue weighted by Gasteiger charge is -2.71. The summed E-state index contributed by atoms with van der Waals surface area (Å²) in [6, 6.07) is 0. The fourth-order valence-corrected chi connectivity index (χ4v) is 11.0. The Hall–Kier alpha value is -0.300. The second kappa shape index (κ2) is 6.64. The molecule has 4 saturated carbocycles. The van der Waals surface area contributed by atoms with E-state index in [9.17, 15) is 5.11 Å². The van der Waals surface area contributed by atoms with Crippen LogP contribution in [0.1, 0.15) is 107 Å². The number of aliphatic hydroxyl groups excluding tert-OH is 1. The number of hydrogen-bond acceptors (Lipinski definition) is 1. The van der Waals surface area contributed by atoms with Crippen molar-refractivity contribution in [3.8, 4) is 0 Å². The van der Waals surface area contributed by atoms with Crippen molar-refractivity contribution in [3.63, 3.8) is 0 Å². The Kier molecular flexibility index (Phi) is 4.82. The van der Waals surface area contributed by atoms with E-state index < -0.39 is 0 Å². The van der Waals surface area contributed by atoms with Gasteiger partial charge in [0.05, 0.1) is 6.10 Å². The van der Waals surface area contributed by atoms with Crippen LogP contribution in [0, 0.1) is 62.6 Å². The fraction of sp³-hybridized carbons (Fsp3) is 0.933. The SMILES string of the molecule is CC(C)C1CCC2(C)CCC3(C)C(C=CC4C5(C)CCC(O)C(C)(C)C5CCC43C)C12. The van der Waals surface area contributed by atoms with Crippen molar-refractivity contribution in [3.05, 3.63) is 12.2 Å². The first-order chi connectivity index (χ1) is 14.3. The van der Waals surface area contributed by atoms with Gasteiger partial charge in [0.2, 0.25) is 0 Å². The van der Waals surface area contributed by atoms with Gasteiger partial charge >= 0.3 is 0 Å². The Labute approximate surface area is 192 Å². The summed E-state index contributed by atoms with van der Waals surface area (Å²) in [5, 5.41) is 10.9. The van der Waals surface area contributed by atoms with E-state index in [1.165, 1.54) is 44.9 Å². The Bertz CT molecular complexity index is 764. The number of aliphatic hydroxyl groups is 1. The average Bonchev–Trinajstić information content (AvgIpc) is 3.04. The number of fused-ring (bicyclic) bond motifs is 7. The van der Waals surface area contributed by atoms with Crippen LogP contribution in [0.15, 0.2) is 12.2 Å². The predicted octanol–water partition coefficient (Wildman–Crippen LogP) is 7.88. The van der Waals surface area contributed by atoms with Gasteiger partial charge in [0.1, 0.15) is 0 Å². The van der Waals surface area contributed by atoms with Gasteiger partial charge in [0, 0.05) is 0 Å². The summed E-state index contributed by atoms with van der Waals surface area (Å²) in [5.74, 6) is 4.63. The minimum absolute atomic E-state index is 0.0409. The zero-order valence-corrected chi connectivity index (χ0v) is 21.8. The van der Waals surface area contributed by atoms with Crippen LogP contribution >= 0.6 is 0 Å². The van der Waals surface area contributed by atoms with Gasteiger partial charge in [0.25, 0.3) is 0 Å². The topological polar surface area (TPSA) is 20.2 Å². The Morgan fingerprint density at radius 3 is 2.16 bits per heavy atom. The second-order valence-electron chi connectivity index (χ2n) is 14.8. The maximum atomic E-state index is 10.9. The van der Waals surface area contributed by atoms with Crippen LogP contribution in [-0.4, -0.2) is 11.2 Å². The third kappa shape index (κ3) is 2.65. The van der Waals surface area contributed by atoms with Gasteiger partial charge in [-0.25, -0.2) is 0 Å². The zero-order valence-electron chi connectivity index (χ0n) is 21.8. The quantitative estimate of drug-likeness (QED) is 0.423. The molecule has 0 bridgehead atoms. The molecule has 0 spiro atoms. The van der Waals surface area contributed by atoms with E-state index in [-0.39, 0.29) is 11.5 Å². The third-order valence-electron chi connectivity index (χ3n) is 13.2. The summed E-state index contributed by atoms with van der Waals surface area (Å²) in [6.07, 6.45) is 16.0. The summed E-state index contributed by atoms with van der Waals surface area (Å²) < 4.78 is 0. The summed E-state index contributed by atoms with van der Waals surface area (Å²) in [6.45, 7) is 20.4. The second-order valence-corrected chi connectivity index (χ2v) is 14.8. The Morgan fingerprint density at radius 1 is 0.774 bits per heavy atom. The van der Waals surface area contributed by atoms with Crippen LogP contribution in [-0.2, 0) is 0 Å². The van der Waals surface area contributed by atoms with Gasteiger partial charge in [-0.05, 0) is 114 Å². The molecule has 0 saturated heterocycles. The molecule has 1 N–H and O–H groups in total. The van der Waals surface area contributed by atoms with Crippen molar-refractivity contribution in [1.82, 2.24) is 0 Å². The summed E-state index contributed by atoms with van der Waals surface area (Å²) in [4.78, 5) is 0. The highest BCUT2D eigenvalue weighted by Gasteiger charge is 2.69. The van der Waals surface area contributed by atoms with Crippen LogP contribution in [0.2, 0.25) is 0 Å². The molecule has 5 aliphatic rings. The van der Waals surface area contributed by atoms with E-state index >= 15 is 0 Å². The lowest BCUT2D eigenvalue weighted by Crippen LogP contribution is -2.65. The number of allylic oxidation sites excluding steroid dienone is 2. The molecule has 0 radical (unpaired) electrons. The predicted molar refractivity (Wildman–Crippen MR) is 131 cm³/mol. The molecule has 0 aromatic carbocycles. The molecule has 10 unspecified atom stereocenters. The van der Waals surface area contributed by atoms with Crippen LogP contribution < -0.4 is 0 Å². The molecular weight excluding hydrogens is 376 g/mol. The highest BCUT2D eigenvalue weighted by Crippen LogP contribution is 2.76. The first-order valence-corrected chi connectivity index (χ1v) is 13.7. The molecular formula is C30H50O. The van der Waals surface area contributed by atoms with E-state index in [1.807, 2.05) is 0 Å². The monoisotopic (exact) mass is 426 g/mol. The molecule has 0 amide bonds. The lowest BCUT2D eigenvalue weighted by molar-refractivity contribution is -0.211. The molecule has 10 atom stereocenters. The van der Waals surface area contributed by atoms with Gasteiger partial charge in [-0.2, -0.15) is 0 Å². The van der Waals surface area contributed by atoms with Gasteiger partial charge in [-0.1, -0.05) is 67.5 Å². The van der Waals surface area contributed by atoms with E-state index in [4.69, 9.17) is 0 Å². The maximum absolute atomic E-state index is 10.9. The summed E-state index contributed by atoms with van der Waals surface area (Å²) in [5.41, 5.74) is 1.74. The van der Waals surface area contributed by atoms with Crippen molar-refractivity contribution in [2.45, 2.75) is 113 Å². The minimum Gasteiger partial charge on any atom is -0.393 e. The Balaban J connectivity index is 1.59. The third-order valence-corrected chi connectivity index (χ3v) is 13.2.